The molecule has 2 heterocycles. The molecule has 0 saturated heterocycles. The summed E-state index contributed by atoms with van der Waals surface area (Å²) in [6.45, 7) is 5.42. The van der Waals surface area contributed by atoms with Crippen LogP contribution in [0.5, 0.6) is 11.5 Å². The van der Waals surface area contributed by atoms with Gasteiger partial charge in [-0.3, -0.25) is 14.8 Å². The lowest BCUT2D eigenvalue weighted by molar-refractivity contribution is -0.114. The fraction of sp³-hybridized carbons (Fsp3) is 0.318. The van der Waals surface area contributed by atoms with Crippen molar-refractivity contribution in [2.45, 2.75) is 0 Å². The SMILES string of the molecule is COCCN(C)CCOc1cc2c(cc1C#N)C(c1ccccc1Cl)=NCC(=O)N2.COCCN(C)CCOc1cc2c(cc1C#N)C(c1ccccc1Cl)=NCC(=S)N2. The van der Waals surface area contributed by atoms with E-state index in [-0.39, 0.29) is 12.5 Å². The van der Waals surface area contributed by atoms with Crippen molar-refractivity contribution in [2.24, 2.45) is 9.98 Å². The van der Waals surface area contributed by atoms with Crippen LogP contribution in [0.25, 0.3) is 0 Å². The first-order valence-corrected chi connectivity index (χ1v) is 20.2. The number of nitrogens with one attached hydrogen (secondary N) is 2. The van der Waals surface area contributed by atoms with Crippen molar-refractivity contribution in [1.29, 1.82) is 10.5 Å². The number of nitriles is 2. The lowest BCUT2D eigenvalue weighted by Gasteiger charge is -2.18. The molecule has 60 heavy (non-hydrogen) atoms. The molecule has 0 bridgehead atoms. The normalized spacial score (nSPS) is 13.2. The van der Waals surface area contributed by atoms with Crippen molar-refractivity contribution >= 4 is 69.1 Å². The van der Waals surface area contributed by atoms with Gasteiger partial charge in [-0.15, -0.1) is 0 Å². The van der Waals surface area contributed by atoms with Gasteiger partial charge in [0.05, 0.1) is 53.7 Å². The van der Waals surface area contributed by atoms with Crippen LogP contribution in [0.15, 0.2) is 82.8 Å². The molecular weight excluding hydrogens is 824 g/mol. The van der Waals surface area contributed by atoms with Crippen molar-refractivity contribution in [3.8, 4) is 23.6 Å². The Balaban J connectivity index is 0.000000228. The lowest BCUT2D eigenvalue weighted by Crippen LogP contribution is -2.27. The Kier molecular flexibility index (Phi) is 17.4. The Bertz CT molecular complexity index is 2170. The molecule has 2 N–H and O–H groups in total. The lowest BCUT2D eigenvalue weighted by atomic mass is 9.98. The van der Waals surface area contributed by atoms with Crippen molar-refractivity contribution in [1.82, 2.24) is 9.80 Å². The van der Waals surface area contributed by atoms with E-state index in [9.17, 15) is 15.3 Å². The van der Waals surface area contributed by atoms with Gasteiger partial charge in [0.25, 0.3) is 0 Å². The molecule has 16 heteroatoms. The minimum atomic E-state index is -0.242. The third-order valence-corrected chi connectivity index (χ3v) is 10.3. The first-order chi connectivity index (χ1) is 29.1. The highest BCUT2D eigenvalue weighted by molar-refractivity contribution is 7.80. The molecule has 2 aliphatic heterocycles. The summed E-state index contributed by atoms with van der Waals surface area (Å²) >= 11 is 18.2. The van der Waals surface area contributed by atoms with E-state index in [1.54, 1.807) is 38.5 Å². The van der Waals surface area contributed by atoms with Gasteiger partial charge in [0.1, 0.15) is 48.4 Å². The van der Waals surface area contributed by atoms with Gasteiger partial charge in [-0.25, -0.2) is 0 Å². The fourth-order valence-corrected chi connectivity index (χ4v) is 6.76. The summed E-state index contributed by atoms with van der Waals surface area (Å²) in [6.07, 6.45) is 0. The molecule has 0 fully saturated rings. The van der Waals surface area contributed by atoms with Crippen LogP contribution in [0.1, 0.15) is 33.4 Å². The number of methoxy groups -OCH3 is 2. The number of hydrogen-bond acceptors (Lipinski definition) is 12. The van der Waals surface area contributed by atoms with Gasteiger partial charge in [0, 0.05) is 84.8 Å². The van der Waals surface area contributed by atoms with Crippen molar-refractivity contribution in [3.05, 3.63) is 116 Å². The molecule has 1 amide bonds. The smallest absolute Gasteiger partial charge is 0.246 e. The third kappa shape index (κ3) is 12.3. The number of carbonyl (C=O) groups excluding carboxylic acids is 1. The molecule has 0 atom stereocenters. The van der Waals surface area contributed by atoms with Gasteiger partial charge in [0.2, 0.25) is 5.91 Å². The van der Waals surface area contributed by atoms with Crippen LogP contribution in [-0.2, 0) is 14.3 Å². The van der Waals surface area contributed by atoms with E-state index in [0.29, 0.717) is 112 Å². The summed E-state index contributed by atoms with van der Waals surface area (Å²) in [4.78, 5) is 26.1. The van der Waals surface area contributed by atoms with Gasteiger partial charge in [-0.1, -0.05) is 71.8 Å². The Morgan fingerprint density at radius 3 is 1.55 bits per heavy atom. The Hall–Kier alpha value is -5.42. The number of likely N-dealkylation sites (N-methyl/N-ethyl adjacent to an activating group) is 2. The second-order valence-corrected chi connectivity index (χ2v) is 15.0. The number of hydrogen-bond donors (Lipinski definition) is 2. The molecule has 2 aliphatic rings. The van der Waals surface area contributed by atoms with E-state index >= 15 is 0 Å². The van der Waals surface area contributed by atoms with E-state index in [1.807, 2.05) is 62.6 Å². The van der Waals surface area contributed by atoms with Gasteiger partial charge in [-0.05, 0) is 38.4 Å². The standard InChI is InChI=1S/C22H23ClN4O3.C22H23ClN4O2S/c1-27(7-9-29-2)8-10-30-20-12-19-17(11-15(20)13-24)22(25-14-21(28)26-19)16-5-3-4-6-18(16)23;1-27(7-9-28-2)8-10-29-20-12-19-17(11-15(20)13-24)22(25-14-21(30)26-19)16-5-3-4-6-18(16)23/h3-6,11-12H,7-10,14H2,1-2H3,(H,26,28);3-6,11-12H,7-10,14H2,1-2H3,(H,26,30). The average molecular weight is 870 g/mol. The summed E-state index contributed by atoms with van der Waals surface area (Å²) in [5, 5.41) is 26.6. The van der Waals surface area contributed by atoms with Crippen LogP contribution in [0, 0.1) is 22.7 Å². The largest absolute Gasteiger partial charge is 0.491 e. The zero-order chi connectivity index (χ0) is 43.0. The number of carbonyl (C=O) groups is 1. The second kappa shape index (κ2) is 22.8. The maximum Gasteiger partial charge on any atom is 0.246 e. The van der Waals surface area contributed by atoms with E-state index < -0.39 is 0 Å². The van der Waals surface area contributed by atoms with Gasteiger partial charge in [0.15, 0.2) is 0 Å². The maximum atomic E-state index is 12.2. The highest BCUT2D eigenvalue weighted by atomic mass is 35.5. The van der Waals surface area contributed by atoms with E-state index in [2.05, 4.69) is 42.6 Å². The number of fused-ring (bicyclic) bond motifs is 2. The molecule has 0 spiro atoms. The molecule has 4 aromatic carbocycles. The molecule has 0 aliphatic carbocycles. The first-order valence-electron chi connectivity index (χ1n) is 19.0. The summed E-state index contributed by atoms with van der Waals surface area (Å²) < 4.78 is 21.9. The first kappa shape index (κ1) is 45.7. The monoisotopic (exact) mass is 868 g/mol. The van der Waals surface area contributed by atoms with E-state index in [4.69, 9.17) is 54.4 Å². The highest BCUT2D eigenvalue weighted by Gasteiger charge is 2.24. The molecular formula is C44H46Cl2N8O5S. The predicted molar refractivity (Wildman–Crippen MR) is 241 cm³/mol. The van der Waals surface area contributed by atoms with Crippen molar-refractivity contribution in [3.63, 3.8) is 0 Å². The Morgan fingerprint density at radius 1 is 0.667 bits per heavy atom. The molecule has 0 aromatic heterocycles. The number of rotatable bonds is 16. The van der Waals surface area contributed by atoms with Crippen LogP contribution in [0.2, 0.25) is 10.0 Å². The summed E-state index contributed by atoms with van der Waals surface area (Å²) in [6, 6.07) is 26.2. The topological polar surface area (TPSA) is 157 Å². The predicted octanol–water partition coefficient (Wildman–Crippen LogP) is 6.72. The number of amides is 1. The summed E-state index contributed by atoms with van der Waals surface area (Å²) in [5.74, 6) is 0.678. The number of thiocarbonyl (C=S) groups is 1. The Morgan fingerprint density at radius 2 is 1.10 bits per heavy atom. The molecule has 4 aromatic rings. The highest BCUT2D eigenvalue weighted by Crippen LogP contribution is 2.34. The molecule has 13 nitrogen and oxygen atoms in total. The minimum Gasteiger partial charge on any atom is -0.491 e. The van der Waals surface area contributed by atoms with Crippen LogP contribution in [0.4, 0.5) is 11.4 Å². The quantitative estimate of drug-likeness (QED) is 0.115. The summed E-state index contributed by atoms with van der Waals surface area (Å²) in [7, 11) is 7.30. The number of halogens is 2. The molecule has 0 saturated carbocycles. The van der Waals surface area contributed by atoms with Gasteiger partial charge < -0.3 is 39.4 Å². The molecule has 312 valence electrons. The van der Waals surface area contributed by atoms with E-state index in [0.717, 1.165) is 29.9 Å². The summed E-state index contributed by atoms with van der Waals surface area (Å²) in [5.41, 5.74) is 6.25. The third-order valence-electron chi connectivity index (χ3n) is 9.37. The number of nitrogens with zero attached hydrogens (tertiary/aromatic N) is 6. The number of ether oxygens (including phenoxy) is 4. The van der Waals surface area contributed by atoms with Crippen molar-refractivity contribution in [2.75, 3.05) is 105 Å². The van der Waals surface area contributed by atoms with Gasteiger partial charge >= 0.3 is 0 Å². The number of benzodiazepines with no additional fused rings is 2. The van der Waals surface area contributed by atoms with Crippen LogP contribution in [0.3, 0.4) is 0 Å². The fourth-order valence-electron chi connectivity index (χ4n) is 6.13. The second-order valence-electron chi connectivity index (χ2n) is 13.7. The zero-order valence-electron chi connectivity index (χ0n) is 33.9. The maximum absolute atomic E-state index is 12.2. The van der Waals surface area contributed by atoms with Crippen LogP contribution in [-0.4, -0.2) is 126 Å². The number of anilines is 2. The number of aliphatic imine (C=N–C) groups is 2. The molecule has 0 radical (unpaired) electrons. The van der Waals surface area contributed by atoms with E-state index in [1.165, 1.54) is 0 Å². The average Bonchev–Trinajstić information content (AvgIpc) is 3.51. The number of benzene rings is 4. The van der Waals surface area contributed by atoms with Crippen molar-refractivity contribution < 1.29 is 23.7 Å². The van der Waals surface area contributed by atoms with Crippen LogP contribution < -0.4 is 20.1 Å². The Labute approximate surface area is 366 Å². The van der Waals surface area contributed by atoms with Crippen LogP contribution >= 0.6 is 35.4 Å². The minimum absolute atomic E-state index is 0.0302. The van der Waals surface area contributed by atoms with Gasteiger partial charge in [-0.2, -0.15) is 10.5 Å². The molecule has 0 unspecified atom stereocenters. The zero-order valence-corrected chi connectivity index (χ0v) is 36.2. The molecule has 6 rings (SSSR count).